The van der Waals surface area contributed by atoms with Crippen LogP contribution in [0.5, 0.6) is 11.5 Å². The lowest BCUT2D eigenvalue weighted by Gasteiger charge is -2.32. The number of pyridine rings is 1. The van der Waals surface area contributed by atoms with Crippen LogP contribution in [0.4, 0.5) is 44.7 Å². The van der Waals surface area contributed by atoms with Crippen LogP contribution in [0.2, 0.25) is 0 Å². The van der Waals surface area contributed by atoms with E-state index in [9.17, 15) is 13.2 Å². The van der Waals surface area contributed by atoms with Gasteiger partial charge in [-0.05, 0) is 87.5 Å². The van der Waals surface area contributed by atoms with Crippen molar-refractivity contribution in [2.24, 2.45) is 0 Å². The molecule has 0 spiro atoms. The average Bonchev–Trinajstić information content (AvgIpc) is 3.80. The monoisotopic (exact) mass is 864 g/mol. The summed E-state index contributed by atoms with van der Waals surface area (Å²) in [6, 6.07) is 37.1. The molecule has 0 saturated heterocycles. The Morgan fingerprint density at radius 1 is 0.516 bits per heavy atom. The summed E-state index contributed by atoms with van der Waals surface area (Å²) in [5, 5.41) is 2.15. The number of aromatic nitrogens is 2. The molecule has 9 rings (SSSR count). The van der Waals surface area contributed by atoms with Crippen LogP contribution in [0.15, 0.2) is 121 Å². The summed E-state index contributed by atoms with van der Waals surface area (Å²) in [6.07, 6.45) is 1.86. The van der Waals surface area contributed by atoms with E-state index in [0.29, 0.717) is 28.4 Å². The largest absolute Gasteiger partial charge is 0.457 e. The van der Waals surface area contributed by atoms with Gasteiger partial charge < -0.3 is 14.5 Å². The molecule has 0 N–H and O–H groups in total. The zero-order chi connectivity index (χ0) is 45.6. The summed E-state index contributed by atoms with van der Waals surface area (Å²) in [5.74, 6) is -7.96. The number of ether oxygens (including phenoxy) is 1. The van der Waals surface area contributed by atoms with Gasteiger partial charge in [-0.2, -0.15) is 0 Å². The van der Waals surface area contributed by atoms with Gasteiger partial charge >= 0.3 is 0 Å². The van der Waals surface area contributed by atoms with Crippen molar-refractivity contribution in [3.63, 3.8) is 0 Å². The maximum atomic E-state index is 15.7. The van der Waals surface area contributed by atoms with Crippen molar-refractivity contribution < 1.29 is 26.7 Å². The van der Waals surface area contributed by atoms with Crippen molar-refractivity contribution in [1.29, 1.82) is 0 Å². The molecule has 0 bridgehead atoms. The number of rotatable bonds is 6. The van der Waals surface area contributed by atoms with Crippen molar-refractivity contribution in [3.8, 4) is 28.4 Å². The number of benzene rings is 6. The zero-order valence-electron chi connectivity index (χ0n) is 37.3. The predicted octanol–water partition coefficient (Wildman–Crippen LogP) is 15.5. The Morgan fingerprint density at radius 3 is 1.81 bits per heavy atom. The molecule has 0 amide bonds. The van der Waals surface area contributed by atoms with Crippen LogP contribution in [0.3, 0.4) is 0 Å². The van der Waals surface area contributed by atoms with E-state index in [2.05, 4.69) is 87.4 Å². The number of nitrogens with zero attached hydrogens (tertiary/aromatic N) is 4. The topological polar surface area (TPSA) is 33.5 Å². The van der Waals surface area contributed by atoms with Gasteiger partial charge in [0.25, 0.3) is 0 Å². The van der Waals surface area contributed by atoms with Gasteiger partial charge in [0, 0.05) is 40.4 Å². The molecule has 1 aliphatic rings. The van der Waals surface area contributed by atoms with Crippen molar-refractivity contribution in [2.45, 2.75) is 78.6 Å². The third kappa shape index (κ3) is 7.22. The molecule has 326 valence electrons. The summed E-state index contributed by atoms with van der Waals surface area (Å²) in [5.41, 5.74) is 5.27. The number of halogens is 5. The number of fused-ring (bicyclic) bond motifs is 4. The standard InChI is InChI=1S/C54H49F5N4O/c1-52(2,3)31-23-24-60-44(27-31)63-40-18-11-10-15-36(40)37-22-21-34(29-43(37)63)64-35-26-32(53(4,5)6)25-33(28-35)61-30-62(42-20-13-12-19-41(42)61)51-38(16-14-17-39(51)54(7,8)9)45-46(55)48(57)50(59)49(58)47(45)56/h10-29H,30H2,1-9H3. The van der Waals surface area contributed by atoms with Gasteiger partial charge in [-0.3, -0.25) is 4.57 Å². The molecular weight excluding hydrogens is 816 g/mol. The fraction of sp³-hybridized carbons (Fsp3) is 0.241. The average molecular weight is 865 g/mol. The third-order valence-corrected chi connectivity index (χ3v) is 12.1. The minimum Gasteiger partial charge on any atom is -0.457 e. The van der Waals surface area contributed by atoms with Crippen LogP contribution >= 0.6 is 0 Å². The summed E-state index contributed by atoms with van der Waals surface area (Å²) < 4.78 is 84.6. The summed E-state index contributed by atoms with van der Waals surface area (Å²) >= 11 is 0. The molecule has 0 atom stereocenters. The Morgan fingerprint density at radius 2 is 1.14 bits per heavy atom. The van der Waals surface area contributed by atoms with Gasteiger partial charge in [0.1, 0.15) is 24.0 Å². The molecule has 2 aromatic heterocycles. The Hall–Kier alpha value is -6.68. The second-order valence-corrected chi connectivity index (χ2v) is 19.6. The van der Waals surface area contributed by atoms with E-state index in [1.807, 2.05) is 98.6 Å². The predicted molar refractivity (Wildman–Crippen MR) is 248 cm³/mol. The van der Waals surface area contributed by atoms with E-state index >= 15 is 8.78 Å². The molecule has 64 heavy (non-hydrogen) atoms. The normalized spacial score (nSPS) is 13.3. The minimum absolute atomic E-state index is 0.0804. The summed E-state index contributed by atoms with van der Waals surface area (Å²) in [6.45, 7) is 18.9. The van der Waals surface area contributed by atoms with Crippen molar-refractivity contribution in [1.82, 2.24) is 9.55 Å². The Kier molecular flexibility index (Phi) is 10.2. The molecule has 0 saturated carbocycles. The molecule has 5 nitrogen and oxygen atoms in total. The maximum absolute atomic E-state index is 15.7. The van der Waals surface area contributed by atoms with Gasteiger partial charge in [-0.25, -0.2) is 26.9 Å². The summed E-state index contributed by atoms with van der Waals surface area (Å²) in [7, 11) is 0. The first-order valence-corrected chi connectivity index (χ1v) is 21.4. The fourth-order valence-electron chi connectivity index (χ4n) is 8.74. The van der Waals surface area contributed by atoms with E-state index in [-0.39, 0.29) is 23.1 Å². The van der Waals surface area contributed by atoms with Gasteiger partial charge in [-0.1, -0.05) is 111 Å². The smallest absolute Gasteiger partial charge is 0.200 e. The molecule has 0 radical (unpaired) electrons. The molecule has 0 aliphatic carbocycles. The first kappa shape index (κ1) is 42.6. The quantitative estimate of drug-likeness (QED) is 0.0947. The highest BCUT2D eigenvalue weighted by atomic mass is 19.2. The lowest BCUT2D eigenvalue weighted by Crippen LogP contribution is -2.28. The van der Waals surface area contributed by atoms with Crippen molar-refractivity contribution >= 4 is 44.6 Å². The second kappa shape index (κ2) is 15.2. The van der Waals surface area contributed by atoms with Crippen LogP contribution in [0, 0.1) is 29.1 Å². The van der Waals surface area contributed by atoms with Gasteiger partial charge in [0.05, 0.1) is 33.7 Å². The number of para-hydroxylation sites is 4. The number of hydrogen-bond donors (Lipinski definition) is 0. The van der Waals surface area contributed by atoms with E-state index in [0.717, 1.165) is 44.6 Å². The van der Waals surface area contributed by atoms with Gasteiger partial charge in [-0.15, -0.1) is 0 Å². The molecule has 8 aromatic rings. The van der Waals surface area contributed by atoms with Crippen LogP contribution < -0.4 is 14.5 Å². The van der Waals surface area contributed by atoms with Crippen LogP contribution in [-0.2, 0) is 16.2 Å². The van der Waals surface area contributed by atoms with Crippen LogP contribution in [0.1, 0.15) is 79.0 Å². The molecule has 1 aliphatic heterocycles. The molecular formula is C54H49F5N4O. The molecule has 0 unspecified atom stereocenters. The SMILES string of the molecule is CC(C)(C)c1cc(Oc2ccc3c4ccccc4n(-c4cc(C(C)(C)C)ccn4)c3c2)cc(N2CN(c3c(-c4c(F)c(F)c(F)c(F)c4F)cccc3C(C)(C)C)c3ccccc32)c1. The van der Waals surface area contributed by atoms with E-state index in [4.69, 9.17) is 9.72 Å². The van der Waals surface area contributed by atoms with E-state index < -0.39 is 40.1 Å². The highest BCUT2D eigenvalue weighted by molar-refractivity contribution is 6.09. The number of anilines is 4. The molecule has 6 aromatic carbocycles. The lowest BCUT2D eigenvalue weighted by molar-refractivity contribution is 0.381. The Bertz CT molecular complexity index is 3120. The van der Waals surface area contributed by atoms with Crippen LogP contribution in [0.25, 0.3) is 38.8 Å². The van der Waals surface area contributed by atoms with E-state index in [1.54, 1.807) is 6.07 Å². The highest BCUT2D eigenvalue weighted by Gasteiger charge is 2.36. The first-order chi connectivity index (χ1) is 30.2. The second-order valence-electron chi connectivity index (χ2n) is 19.6. The lowest BCUT2D eigenvalue weighted by atomic mass is 9.82. The van der Waals surface area contributed by atoms with Gasteiger partial charge in [0.15, 0.2) is 23.3 Å². The fourth-order valence-corrected chi connectivity index (χ4v) is 8.74. The Labute approximate surface area is 370 Å². The van der Waals surface area contributed by atoms with Gasteiger partial charge in [0.2, 0.25) is 5.82 Å². The molecule has 3 heterocycles. The van der Waals surface area contributed by atoms with Crippen molar-refractivity contribution in [2.75, 3.05) is 16.5 Å². The maximum Gasteiger partial charge on any atom is 0.200 e. The molecule has 10 heteroatoms. The summed E-state index contributed by atoms with van der Waals surface area (Å²) in [4.78, 5) is 8.81. The number of hydrogen-bond acceptors (Lipinski definition) is 4. The van der Waals surface area contributed by atoms with Crippen molar-refractivity contribution in [3.05, 3.63) is 167 Å². The molecule has 0 fully saturated rings. The minimum atomic E-state index is -2.20. The Balaban J connectivity index is 1.18. The third-order valence-electron chi connectivity index (χ3n) is 12.1. The first-order valence-electron chi connectivity index (χ1n) is 21.4. The highest BCUT2D eigenvalue weighted by Crippen LogP contribution is 2.52. The van der Waals surface area contributed by atoms with Crippen LogP contribution in [-0.4, -0.2) is 16.2 Å². The van der Waals surface area contributed by atoms with E-state index in [1.165, 1.54) is 11.6 Å². The zero-order valence-corrected chi connectivity index (χ0v) is 37.3.